The molecule has 0 amide bonds. The van der Waals surface area contributed by atoms with Crippen molar-refractivity contribution >= 4 is 0 Å². The van der Waals surface area contributed by atoms with Crippen LogP contribution in [0.25, 0.3) is 0 Å². The van der Waals surface area contributed by atoms with E-state index in [-0.39, 0.29) is 0 Å². The van der Waals surface area contributed by atoms with Crippen molar-refractivity contribution in [1.29, 1.82) is 0 Å². The van der Waals surface area contributed by atoms with Gasteiger partial charge in [-0.05, 0) is 117 Å². The normalized spacial score (nSPS) is 24.5. The Morgan fingerprint density at radius 1 is 0.480 bits per heavy atom. The summed E-state index contributed by atoms with van der Waals surface area (Å²) in [6, 6.07) is 1.50. The molecule has 50 heavy (non-hydrogen) atoms. The van der Waals surface area contributed by atoms with Gasteiger partial charge in [-0.3, -0.25) is 29.4 Å². The van der Waals surface area contributed by atoms with Crippen molar-refractivity contribution in [1.82, 2.24) is 39.6 Å². The Hall–Kier alpha value is -0.360. The lowest BCUT2D eigenvalue weighted by Gasteiger charge is -2.45. The number of likely N-dealkylation sites (N-methyl/N-ethyl adjacent to an activating group) is 1. The second-order valence-electron chi connectivity index (χ2n) is 19.7. The minimum Gasteiger partial charge on any atom is -0.381 e. The predicted molar refractivity (Wildman–Crippen MR) is 218 cm³/mol. The van der Waals surface area contributed by atoms with Crippen molar-refractivity contribution in [3.63, 3.8) is 0 Å². The summed E-state index contributed by atoms with van der Waals surface area (Å²) in [5.74, 6) is 0. The van der Waals surface area contributed by atoms with Gasteiger partial charge in [0.25, 0.3) is 0 Å². The maximum Gasteiger partial charge on any atom is 0.0480 e. The summed E-state index contributed by atoms with van der Waals surface area (Å²) in [4.78, 5) is 17.9. The molecule has 0 atom stereocenters. The highest BCUT2D eigenvalue weighted by Gasteiger charge is 2.30. The summed E-state index contributed by atoms with van der Waals surface area (Å²) in [5, 5.41) is 3.35. The highest BCUT2D eigenvalue weighted by Crippen LogP contribution is 2.21. The van der Waals surface area contributed by atoms with Gasteiger partial charge in [0.1, 0.15) is 0 Å². The maximum atomic E-state index is 5.43. The Morgan fingerprint density at radius 3 is 1.16 bits per heavy atom. The zero-order valence-corrected chi connectivity index (χ0v) is 36.3. The van der Waals surface area contributed by atoms with Crippen LogP contribution in [-0.4, -0.2) is 194 Å². The quantitative estimate of drug-likeness (QED) is 0.422. The lowest BCUT2D eigenvalue weighted by atomic mass is 10.0. The number of rotatable bonds is 2. The van der Waals surface area contributed by atoms with Gasteiger partial charge in [0, 0.05) is 152 Å². The Morgan fingerprint density at radius 2 is 0.820 bits per heavy atom. The predicted octanol–water partition coefficient (Wildman–Crippen LogP) is 5.11. The summed E-state index contributed by atoms with van der Waals surface area (Å²) in [7, 11) is 2.19. The van der Waals surface area contributed by atoms with Crippen LogP contribution >= 0.6 is 0 Å². The number of nitrogens with one attached hydrogen (secondary N) is 1. The van der Waals surface area contributed by atoms with Crippen molar-refractivity contribution in [2.45, 2.75) is 144 Å². The first-order chi connectivity index (χ1) is 23.1. The van der Waals surface area contributed by atoms with Crippen LogP contribution in [0.2, 0.25) is 0 Å². The van der Waals surface area contributed by atoms with Crippen LogP contribution in [-0.2, 0) is 4.74 Å². The van der Waals surface area contributed by atoms with Crippen LogP contribution in [0.5, 0.6) is 0 Å². The summed E-state index contributed by atoms with van der Waals surface area (Å²) in [5.41, 5.74) is 1.41. The largest absolute Gasteiger partial charge is 0.381 e. The van der Waals surface area contributed by atoms with E-state index in [0.717, 1.165) is 32.3 Å². The first kappa shape index (κ1) is 45.8. The summed E-state index contributed by atoms with van der Waals surface area (Å²) in [6.45, 7) is 53.5. The van der Waals surface area contributed by atoms with Crippen LogP contribution in [0.1, 0.15) is 110 Å². The van der Waals surface area contributed by atoms with Gasteiger partial charge in [0.2, 0.25) is 0 Å². The van der Waals surface area contributed by atoms with Gasteiger partial charge in [-0.2, -0.15) is 0 Å². The molecule has 0 aromatic heterocycles. The molecular weight excluding hydrogens is 621 g/mol. The molecule has 0 aromatic carbocycles. The maximum absolute atomic E-state index is 5.43. The standard InChI is InChI=1S/C13H26N2O.C11H24N2.C9H20N2.C8H18N2/c1-13(2,3)15-8-6-14(7-9-15)12-4-10-16-11-5-12;1-10(2)12-6-8-13(9-7-12)11(3,4)5;1-9(2,3)11-7-5-10(4)6-8-11;1-8(2,3)10-6-4-9-5-7-10/h12H,4-11H2,1-3H3;10H,6-9H2,1-5H3;5-8H2,1-4H3;9H,4-7H2,1-3H3. The van der Waals surface area contributed by atoms with E-state index in [1.54, 1.807) is 0 Å². The molecule has 9 heteroatoms. The van der Waals surface area contributed by atoms with Gasteiger partial charge in [-0.1, -0.05) is 0 Å². The molecule has 5 saturated heterocycles. The summed E-state index contributed by atoms with van der Waals surface area (Å²) in [6.07, 6.45) is 2.46. The van der Waals surface area contributed by atoms with E-state index in [9.17, 15) is 0 Å². The SMILES string of the molecule is CC(C)(C)N1CCN(C2CCOCC2)CC1.CC(C)(C)N1CCNCC1.CC(C)N1CCN(C(C)(C)C)CC1.CN1CCN(C(C)(C)C)CC1. The van der Waals surface area contributed by atoms with Gasteiger partial charge in [-0.15, -0.1) is 0 Å². The van der Waals surface area contributed by atoms with Gasteiger partial charge < -0.3 is 15.0 Å². The number of piperazine rings is 4. The number of nitrogens with zero attached hydrogens (tertiary/aromatic N) is 7. The number of hydrogen-bond donors (Lipinski definition) is 1. The molecule has 5 heterocycles. The van der Waals surface area contributed by atoms with Crippen molar-refractivity contribution in [2.75, 3.05) is 125 Å². The lowest BCUT2D eigenvalue weighted by molar-refractivity contribution is -0.00323. The van der Waals surface area contributed by atoms with E-state index in [1.807, 2.05) is 0 Å². The molecule has 5 rings (SSSR count). The first-order valence-electron chi connectivity index (χ1n) is 20.5. The monoisotopic (exact) mass is 709 g/mol. The molecule has 5 fully saturated rings. The lowest BCUT2D eigenvalue weighted by Crippen LogP contribution is -2.56. The number of ether oxygens (including phenoxy) is 1. The van der Waals surface area contributed by atoms with Crippen LogP contribution in [0.15, 0.2) is 0 Å². The van der Waals surface area contributed by atoms with E-state index in [1.165, 1.54) is 104 Å². The van der Waals surface area contributed by atoms with Gasteiger partial charge in [0.05, 0.1) is 0 Å². The van der Waals surface area contributed by atoms with Crippen LogP contribution in [0.3, 0.4) is 0 Å². The third-order valence-corrected chi connectivity index (χ3v) is 11.5. The minimum absolute atomic E-state index is 0.335. The smallest absolute Gasteiger partial charge is 0.0480 e. The van der Waals surface area contributed by atoms with E-state index >= 15 is 0 Å². The first-order valence-corrected chi connectivity index (χ1v) is 20.5. The molecule has 0 unspecified atom stereocenters. The molecule has 0 saturated carbocycles. The topological polar surface area (TPSA) is 43.9 Å². The van der Waals surface area contributed by atoms with E-state index in [2.05, 4.69) is 144 Å². The molecular formula is C41H88N8O. The number of hydrogen-bond acceptors (Lipinski definition) is 9. The fraction of sp³-hybridized carbons (Fsp3) is 1.00. The summed E-state index contributed by atoms with van der Waals surface area (Å²) >= 11 is 0. The van der Waals surface area contributed by atoms with Gasteiger partial charge in [-0.25, -0.2) is 0 Å². The van der Waals surface area contributed by atoms with E-state index < -0.39 is 0 Å². The Kier molecular flexibility index (Phi) is 19.2. The van der Waals surface area contributed by atoms with Gasteiger partial charge >= 0.3 is 0 Å². The average Bonchev–Trinajstić information content (AvgIpc) is 3.05. The van der Waals surface area contributed by atoms with E-state index in [4.69, 9.17) is 4.74 Å². The zero-order chi connectivity index (χ0) is 37.8. The zero-order valence-electron chi connectivity index (χ0n) is 36.3. The fourth-order valence-electron chi connectivity index (χ4n) is 7.53. The Bertz CT molecular complexity index is 866. The molecule has 5 aliphatic rings. The Balaban J connectivity index is 0.000000235. The van der Waals surface area contributed by atoms with Crippen molar-refractivity contribution < 1.29 is 4.74 Å². The van der Waals surface area contributed by atoms with E-state index in [0.29, 0.717) is 28.2 Å². The van der Waals surface area contributed by atoms with Crippen LogP contribution in [0.4, 0.5) is 0 Å². The highest BCUT2D eigenvalue weighted by molar-refractivity contribution is 4.86. The minimum atomic E-state index is 0.335. The fourth-order valence-corrected chi connectivity index (χ4v) is 7.53. The molecule has 0 aromatic rings. The molecule has 0 bridgehead atoms. The van der Waals surface area contributed by atoms with Crippen molar-refractivity contribution in [3.05, 3.63) is 0 Å². The molecule has 5 aliphatic heterocycles. The van der Waals surface area contributed by atoms with Crippen molar-refractivity contribution in [3.8, 4) is 0 Å². The second kappa shape index (κ2) is 20.9. The molecule has 0 aliphatic carbocycles. The molecule has 298 valence electrons. The third kappa shape index (κ3) is 17.2. The molecule has 0 radical (unpaired) electrons. The van der Waals surface area contributed by atoms with Crippen molar-refractivity contribution in [2.24, 2.45) is 0 Å². The van der Waals surface area contributed by atoms with Crippen LogP contribution < -0.4 is 5.32 Å². The second-order valence-corrected chi connectivity index (χ2v) is 19.7. The van der Waals surface area contributed by atoms with Gasteiger partial charge in [0.15, 0.2) is 0 Å². The summed E-state index contributed by atoms with van der Waals surface area (Å²) < 4.78 is 5.43. The average molecular weight is 709 g/mol. The highest BCUT2D eigenvalue weighted by atomic mass is 16.5. The van der Waals surface area contributed by atoms with Crippen LogP contribution in [0, 0.1) is 0 Å². The molecule has 1 N–H and O–H groups in total. The molecule has 0 spiro atoms. The third-order valence-electron chi connectivity index (χ3n) is 11.5. The molecule has 9 nitrogen and oxygen atoms in total. The Labute approximate surface area is 312 Å².